The third-order valence-electron chi connectivity index (χ3n) is 6.50. The van der Waals surface area contributed by atoms with Crippen molar-refractivity contribution in [1.29, 1.82) is 0 Å². The standard InChI is InChI=1S/C24H24N4O4/c1-14-4-2-6-19-17(14)5-3-11-27(19)24(32)25-16-7-8-18-15(12-16)13-28(23(18)31)20-9-10-21(29)26-22(20)30/h2,4,6-8,12,20H,3,5,9-11,13H2,1H3,(H,25,32)(H,26,29,30). The molecule has 1 atom stereocenters. The number of nitrogens with one attached hydrogen (secondary N) is 2. The minimum atomic E-state index is -0.654. The highest BCUT2D eigenvalue weighted by Crippen LogP contribution is 2.32. The summed E-state index contributed by atoms with van der Waals surface area (Å²) in [5, 5.41) is 5.26. The summed E-state index contributed by atoms with van der Waals surface area (Å²) in [5.41, 5.74) is 5.21. The lowest BCUT2D eigenvalue weighted by Gasteiger charge is -2.30. The Hall–Kier alpha value is -3.68. The molecular weight excluding hydrogens is 408 g/mol. The van der Waals surface area contributed by atoms with Crippen LogP contribution < -0.4 is 15.5 Å². The Morgan fingerprint density at radius 2 is 1.97 bits per heavy atom. The highest BCUT2D eigenvalue weighted by Gasteiger charge is 2.39. The van der Waals surface area contributed by atoms with E-state index >= 15 is 0 Å². The average Bonchev–Trinajstić information content (AvgIpc) is 3.09. The quantitative estimate of drug-likeness (QED) is 0.713. The van der Waals surface area contributed by atoms with E-state index in [-0.39, 0.29) is 30.8 Å². The van der Waals surface area contributed by atoms with Gasteiger partial charge in [0.25, 0.3) is 5.91 Å². The Labute approximate surface area is 185 Å². The van der Waals surface area contributed by atoms with Crippen molar-refractivity contribution in [3.63, 3.8) is 0 Å². The van der Waals surface area contributed by atoms with Gasteiger partial charge in [-0.15, -0.1) is 0 Å². The first-order valence-corrected chi connectivity index (χ1v) is 10.9. The predicted molar refractivity (Wildman–Crippen MR) is 118 cm³/mol. The van der Waals surface area contributed by atoms with Crippen LogP contribution in [0.4, 0.5) is 16.2 Å². The number of hydrogen-bond donors (Lipinski definition) is 2. The van der Waals surface area contributed by atoms with Gasteiger partial charge in [-0.3, -0.25) is 24.6 Å². The second-order valence-electron chi connectivity index (χ2n) is 8.53. The molecule has 0 saturated carbocycles. The highest BCUT2D eigenvalue weighted by atomic mass is 16.2. The monoisotopic (exact) mass is 432 g/mol. The van der Waals surface area contributed by atoms with E-state index < -0.39 is 11.9 Å². The molecule has 8 nitrogen and oxygen atoms in total. The number of urea groups is 1. The number of anilines is 2. The lowest BCUT2D eigenvalue weighted by Crippen LogP contribution is -2.52. The van der Waals surface area contributed by atoms with Gasteiger partial charge in [0.1, 0.15) is 6.04 Å². The van der Waals surface area contributed by atoms with E-state index in [0.717, 1.165) is 24.1 Å². The Kier molecular flexibility index (Phi) is 4.92. The van der Waals surface area contributed by atoms with E-state index in [0.29, 0.717) is 24.2 Å². The highest BCUT2D eigenvalue weighted by molar-refractivity contribution is 6.06. The van der Waals surface area contributed by atoms with Crippen LogP contribution in [-0.2, 0) is 22.6 Å². The van der Waals surface area contributed by atoms with Gasteiger partial charge < -0.3 is 10.2 Å². The van der Waals surface area contributed by atoms with E-state index in [2.05, 4.69) is 23.6 Å². The first kappa shape index (κ1) is 20.2. The van der Waals surface area contributed by atoms with Crippen molar-refractivity contribution >= 4 is 35.1 Å². The van der Waals surface area contributed by atoms with Crippen LogP contribution in [0, 0.1) is 6.92 Å². The first-order chi connectivity index (χ1) is 15.4. The summed E-state index contributed by atoms with van der Waals surface area (Å²) in [4.78, 5) is 52.8. The van der Waals surface area contributed by atoms with Crippen LogP contribution in [0.5, 0.6) is 0 Å². The van der Waals surface area contributed by atoms with E-state index in [1.807, 2.05) is 12.1 Å². The molecule has 8 heteroatoms. The molecule has 2 aromatic carbocycles. The van der Waals surface area contributed by atoms with Gasteiger partial charge in [-0.05, 0) is 67.1 Å². The van der Waals surface area contributed by atoms with Gasteiger partial charge in [0.05, 0.1) is 0 Å². The molecule has 3 aliphatic rings. The lowest BCUT2D eigenvalue weighted by atomic mass is 9.97. The van der Waals surface area contributed by atoms with Crippen LogP contribution in [-0.4, -0.2) is 41.2 Å². The lowest BCUT2D eigenvalue weighted by molar-refractivity contribution is -0.136. The molecule has 0 bridgehead atoms. The van der Waals surface area contributed by atoms with Crippen LogP contribution in [0.1, 0.15) is 46.3 Å². The van der Waals surface area contributed by atoms with Crippen molar-refractivity contribution in [2.24, 2.45) is 0 Å². The molecule has 2 aromatic rings. The zero-order chi connectivity index (χ0) is 22.4. The molecule has 0 aliphatic carbocycles. The second kappa shape index (κ2) is 7.78. The second-order valence-corrected chi connectivity index (χ2v) is 8.53. The van der Waals surface area contributed by atoms with Gasteiger partial charge in [0, 0.05) is 36.4 Å². The fraction of sp³-hybridized carbons (Fsp3) is 0.333. The Morgan fingerprint density at radius 3 is 2.78 bits per heavy atom. The van der Waals surface area contributed by atoms with E-state index in [9.17, 15) is 19.2 Å². The smallest absolute Gasteiger partial charge is 0.322 e. The topological polar surface area (TPSA) is 98.8 Å². The van der Waals surface area contributed by atoms with E-state index in [4.69, 9.17) is 0 Å². The Morgan fingerprint density at radius 1 is 1.12 bits per heavy atom. The van der Waals surface area contributed by atoms with Crippen LogP contribution in [0.3, 0.4) is 0 Å². The molecule has 5 amide bonds. The fourth-order valence-corrected chi connectivity index (χ4v) is 4.85. The molecule has 0 spiro atoms. The van der Waals surface area contributed by atoms with Gasteiger partial charge in [0.15, 0.2) is 0 Å². The number of rotatable bonds is 2. The summed E-state index contributed by atoms with van der Waals surface area (Å²) in [6, 6.07) is 10.3. The number of piperidine rings is 1. The fourth-order valence-electron chi connectivity index (χ4n) is 4.85. The first-order valence-electron chi connectivity index (χ1n) is 10.9. The number of imide groups is 1. The minimum absolute atomic E-state index is 0.206. The summed E-state index contributed by atoms with van der Waals surface area (Å²) in [7, 11) is 0. The number of benzene rings is 2. The maximum atomic E-state index is 13.0. The summed E-state index contributed by atoms with van der Waals surface area (Å²) < 4.78 is 0. The molecule has 1 unspecified atom stereocenters. The average molecular weight is 432 g/mol. The van der Waals surface area contributed by atoms with Crippen LogP contribution >= 0.6 is 0 Å². The third-order valence-corrected chi connectivity index (χ3v) is 6.50. The number of carbonyl (C=O) groups excluding carboxylic acids is 4. The number of hydrogen-bond acceptors (Lipinski definition) is 4. The minimum Gasteiger partial charge on any atom is -0.322 e. The van der Waals surface area contributed by atoms with Crippen molar-refractivity contribution in [3.05, 3.63) is 58.7 Å². The van der Waals surface area contributed by atoms with Crippen molar-refractivity contribution in [2.75, 3.05) is 16.8 Å². The molecule has 3 heterocycles. The van der Waals surface area contributed by atoms with Crippen molar-refractivity contribution in [3.8, 4) is 0 Å². The molecule has 164 valence electrons. The largest absolute Gasteiger partial charge is 0.326 e. The maximum Gasteiger partial charge on any atom is 0.326 e. The summed E-state index contributed by atoms with van der Waals surface area (Å²) in [6.07, 6.45) is 2.41. The van der Waals surface area contributed by atoms with Crippen LogP contribution in [0.25, 0.3) is 0 Å². The van der Waals surface area contributed by atoms with Gasteiger partial charge in [-0.1, -0.05) is 12.1 Å². The van der Waals surface area contributed by atoms with Crippen molar-refractivity contribution in [1.82, 2.24) is 10.2 Å². The summed E-state index contributed by atoms with van der Waals surface area (Å²) in [5.74, 6) is -0.974. The molecular formula is C24H24N4O4. The molecule has 1 saturated heterocycles. The molecule has 2 N–H and O–H groups in total. The van der Waals surface area contributed by atoms with Crippen molar-refractivity contribution < 1.29 is 19.2 Å². The van der Waals surface area contributed by atoms with Gasteiger partial charge in [-0.25, -0.2) is 4.79 Å². The third kappa shape index (κ3) is 3.41. The number of nitrogens with zero attached hydrogens (tertiary/aromatic N) is 2. The number of carbonyl (C=O) groups is 4. The predicted octanol–water partition coefficient (Wildman–Crippen LogP) is 2.74. The zero-order valence-corrected chi connectivity index (χ0v) is 17.8. The number of amides is 5. The zero-order valence-electron chi connectivity index (χ0n) is 17.8. The van der Waals surface area contributed by atoms with E-state index in [1.54, 1.807) is 23.1 Å². The normalized spacial score (nSPS) is 20.0. The van der Waals surface area contributed by atoms with Gasteiger partial charge >= 0.3 is 6.03 Å². The Balaban J connectivity index is 1.33. The Bertz CT molecular complexity index is 1160. The maximum absolute atomic E-state index is 13.0. The molecule has 1 fully saturated rings. The van der Waals surface area contributed by atoms with Gasteiger partial charge in [-0.2, -0.15) is 0 Å². The molecule has 0 aromatic heterocycles. The van der Waals surface area contributed by atoms with Crippen molar-refractivity contribution in [2.45, 2.75) is 45.2 Å². The molecule has 0 radical (unpaired) electrons. The number of aryl methyl sites for hydroxylation is 1. The SMILES string of the molecule is Cc1cccc2c1CCCN2C(=O)Nc1ccc2c(c1)CN(C1CCC(=O)NC1=O)C2=O. The van der Waals surface area contributed by atoms with Crippen LogP contribution in [0.2, 0.25) is 0 Å². The van der Waals surface area contributed by atoms with E-state index in [1.165, 1.54) is 16.0 Å². The summed E-state index contributed by atoms with van der Waals surface area (Å²) in [6.45, 7) is 2.98. The molecule has 32 heavy (non-hydrogen) atoms. The summed E-state index contributed by atoms with van der Waals surface area (Å²) >= 11 is 0. The van der Waals surface area contributed by atoms with Gasteiger partial charge in [0.2, 0.25) is 11.8 Å². The van der Waals surface area contributed by atoms with Crippen LogP contribution in [0.15, 0.2) is 36.4 Å². The molecule has 3 aliphatic heterocycles. The molecule has 5 rings (SSSR count). The number of fused-ring (bicyclic) bond motifs is 2.